The molecule has 0 saturated heterocycles. The summed E-state index contributed by atoms with van der Waals surface area (Å²) in [6, 6.07) is 6.60. The average Bonchev–Trinajstić information content (AvgIpc) is 3.01. The van der Waals surface area contributed by atoms with E-state index in [-0.39, 0.29) is 0 Å². The van der Waals surface area contributed by atoms with Gasteiger partial charge < -0.3 is 19.3 Å². The van der Waals surface area contributed by atoms with Crippen LogP contribution in [0.15, 0.2) is 83.4 Å². The highest BCUT2D eigenvalue weighted by Gasteiger charge is 2.16. The van der Waals surface area contributed by atoms with E-state index in [4.69, 9.17) is 14.2 Å². The Balaban J connectivity index is 1.56. The van der Waals surface area contributed by atoms with E-state index in [2.05, 4.69) is 0 Å². The van der Waals surface area contributed by atoms with Gasteiger partial charge in [0.2, 0.25) is 0 Å². The van der Waals surface area contributed by atoms with E-state index in [0.29, 0.717) is 54.3 Å². The van der Waals surface area contributed by atoms with Gasteiger partial charge in [0, 0.05) is 18.4 Å². The van der Waals surface area contributed by atoms with Crippen molar-refractivity contribution in [1.29, 1.82) is 0 Å². The lowest BCUT2D eigenvalue weighted by Gasteiger charge is -2.12. The molecule has 0 aliphatic heterocycles. The Morgan fingerprint density at radius 1 is 1.00 bits per heavy atom. The van der Waals surface area contributed by atoms with Gasteiger partial charge >= 0.3 is 11.9 Å². The Labute approximate surface area is 188 Å². The van der Waals surface area contributed by atoms with Crippen molar-refractivity contribution in [1.82, 2.24) is 0 Å². The molecule has 0 fully saturated rings. The second-order valence-electron chi connectivity index (χ2n) is 7.80. The second kappa shape index (κ2) is 11.3. The molecule has 0 aromatic heterocycles. The molecule has 6 nitrogen and oxygen atoms in total. The summed E-state index contributed by atoms with van der Waals surface area (Å²) in [5, 5.41) is 9.27. The summed E-state index contributed by atoms with van der Waals surface area (Å²) in [4.78, 5) is 24.9. The van der Waals surface area contributed by atoms with E-state index in [1.54, 1.807) is 55.5 Å². The highest BCUT2D eigenvalue weighted by atomic mass is 16.5. The lowest BCUT2D eigenvalue weighted by atomic mass is 10.1. The minimum Gasteiger partial charge on any atom is -0.493 e. The molecule has 1 unspecified atom stereocenters. The Kier molecular flexibility index (Phi) is 8.22. The van der Waals surface area contributed by atoms with E-state index in [1.165, 1.54) is 5.57 Å². The van der Waals surface area contributed by atoms with Crippen LogP contribution in [-0.2, 0) is 14.3 Å². The monoisotopic (exact) mass is 436 g/mol. The van der Waals surface area contributed by atoms with Crippen molar-refractivity contribution in [3.63, 3.8) is 0 Å². The van der Waals surface area contributed by atoms with Gasteiger partial charge in [0.25, 0.3) is 0 Å². The van der Waals surface area contributed by atoms with E-state index in [1.807, 2.05) is 19.1 Å². The van der Waals surface area contributed by atoms with Crippen LogP contribution >= 0.6 is 0 Å². The number of rotatable bonds is 8. The first kappa shape index (κ1) is 23.3. The lowest BCUT2D eigenvalue weighted by Crippen LogP contribution is -2.08. The number of carbonyl (C=O) groups excluding carboxylic acids is 2. The van der Waals surface area contributed by atoms with Crippen LogP contribution < -0.4 is 4.74 Å². The smallest absolute Gasteiger partial charge is 0.343 e. The third-order valence-electron chi connectivity index (χ3n) is 4.98. The van der Waals surface area contributed by atoms with Gasteiger partial charge in [-0.1, -0.05) is 17.7 Å². The molecule has 0 heterocycles. The molecule has 168 valence electrons. The van der Waals surface area contributed by atoms with Crippen molar-refractivity contribution in [3.8, 4) is 5.75 Å². The standard InChI is InChI=1S/C26H28O6/c1-18-6-11-24(12-7-18)32-25(28)20-4-3-5-23(15-10-20)31-26(29)21-8-13-22(14-9-21)30-17-16-19(2)27/h3,5-6,8-11,13-15,19,27H,4,7,12,16-17H2,1-2H3. The zero-order valence-electron chi connectivity index (χ0n) is 18.4. The van der Waals surface area contributed by atoms with Gasteiger partial charge in [-0.15, -0.1) is 0 Å². The van der Waals surface area contributed by atoms with Gasteiger partial charge in [-0.05, 0) is 75.3 Å². The largest absolute Gasteiger partial charge is 0.493 e. The van der Waals surface area contributed by atoms with Gasteiger partial charge in [0.15, 0.2) is 0 Å². The van der Waals surface area contributed by atoms with Crippen LogP contribution in [0.4, 0.5) is 0 Å². The Bertz CT molecular complexity index is 990. The van der Waals surface area contributed by atoms with Crippen LogP contribution in [0.3, 0.4) is 0 Å². The summed E-state index contributed by atoms with van der Waals surface area (Å²) in [5.74, 6) is 0.698. The summed E-state index contributed by atoms with van der Waals surface area (Å²) in [6.45, 7) is 4.14. The summed E-state index contributed by atoms with van der Waals surface area (Å²) >= 11 is 0. The number of allylic oxidation sites excluding steroid dienone is 8. The van der Waals surface area contributed by atoms with Crippen LogP contribution in [0.25, 0.3) is 0 Å². The quantitative estimate of drug-likeness (QED) is 0.582. The van der Waals surface area contributed by atoms with Gasteiger partial charge in [0.05, 0.1) is 18.3 Å². The fraction of sp³-hybridized carbons (Fsp3) is 0.308. The van der Waals surface area contributed by atoms with Crippen LogP contribution in [-0.4, -0.2) is 29.8 Å². The van der Waals surface area contributed by atoms with Gasteiger partial charge in [-0.2, -0.15) is 0 Å². The molecular weight excluding hydrogens is 408 g/mol. The molecule has 2 aliphatic rings. The van der Waals surface area contributed by atoms with Gasteiger partial charge in [-0.25, -0.2) is 9.59 Å². The zero-order valence-corrected chi connectivity index (χ0v) is 18.4. The molecule has 0 spiro atoms. The summed E-state index contributed by atoms with van der Waals surface area (Å²) in [6.07, 6.45) is 12.5. The first-order valence-electron chi connectivity index (χ1n) is 10.7. The van der Waals surface area contributed by atoms with Crippen molar-refractivity contribution in [3.05, 3.63) is 88.9 Å². The zero-order chi connectivity index (χ0) is 22.9. The Morgan fingerprint density at radius 2 is 1.78 bits per heavy atom. The molecule has 1 atom stereocenters. The molecule has 32 heavy (non-hydrogen) atoms. The maximum absolute atomic E-state index is 12.4. The number of carbonyl (C=O) groups is 2. The number of benzene rings is 1. The molecular formula is C26H28O6. The SMILES string of the molecule is CC1=CC=C(OC(=O)C2=CC=C(OC(=O)c3ccc(OCCC(C)O)cc3)C=CC2)CC1. The fourth-order valence-corrected chi connectivity index (χ4v) is 3.02. The molecule has 3 rings (SSSR count). The third-order valence-corrected chi connectivity index (χ3v) is 4.98. The average molecular weight is 437 g/mol. The summed E-state index contributed by atoms with van der Waals surface area (Å²) in [5.41, 5.74) is 2.12. The lowest BCUT2D eigenvalue weighted by molar-refractivity contribution is -0.135. The molecule has 1 aromatic carbocycles. The normalized spacial score (nSPS) is 16.6. The predicted molar refractivity (Wildman–Crippen MR) is 121 cm³/mol. The van der Waals surface area contributed by atoms with Gasteiger partial charge in [0.1, 0.15) is 17.3 Å². The van der Waals surface area contributed by atoms with Crippen molar-refractivity contribution in [2.75, 3.05) is 6.61 Å². The number of hydrogen-bond donors (Lipinski definition) is 1. The van der Waals surface area contributed by atoms with E-state index < -0.39 is 18.0 Å². The minimum absolute atomic E-state index is 0.338. The molecule has 2 aliphatic carbocycles. The molecule has 6 heteroatoms. The maximum atomic E-state index is 12.4. The molecule has 0 bridgehead atoms. The van der Waals surface area contributed by atoms with Gasteiger partial charge in [-0.3, -0.25) is 0 Å². The van der Waals surface area contributed by atoms with Crippen LogP contribution in [0.1, 0.15) is 49.9 Å². The molecule has 1 aromatic rings. The van der Waals surface area contributed by atoms with Crippen molar-refractivity contribution < 1.29 is 28.9 Å². The highest BCUT2D eigenvalue weighted by Crippen LogP contribution is 2.22. The Morgan fingerprint density at radius 3 is 2.47 bits per heavy atom. The van der Waals surface area contributed by atoms with Crippen LogP contribution in [0, 0.1) is 0 Å². The van der Waals surface area contributed by atoms with Crippen molar-refractivity contribution >= 4 is 11.9 Å². The summed E-state index contributed by atoms with van der Waals surface area (Å²) in [7, 11) is 0. The molecule has 0 amide bonds. The Hall–Kier alpha value is -3.38. The topological polar surface area (TPSA) is 82.1 Å². The number of aliphatic hydroxyl groups excluding tert-OH is 1. The number of ether oxygens (including phenoxy) is 3. The van der Waals surface area contributed by atoms with Crippen molar-refractivity contribution in [2.24, 2.45) is 0 Å². The molecule has 1 N–H and O–H groups in total. The fourth-order valence-electron chi connectivity index (χ4n) is 3.02. The molecule has 0 radical (unpaired) electrons. The molecule has 0 saturated carbocycles. The predicted octanol–water partition coefficient (Wildman–Crippen LogP) is 4.93. The first-order valence-corrected chi connectivity index (χ1v) is 10.7. The van der Waals surface area contributed by atoms with E-state index in [9.17, 15) is 14.7 Å². The summed E-state index contributed by atoms with van der Waals surface area (Å²) < 4.78 is 16.4. The van der Waals surface area contributed by atoms with Crippen LogP contribution in [0.2, 0.25) is 0 Å². The first-order chi connectivity index (χ1) is 15.4. The number of aliphatic hydroxyl groups is 1. The maximum Gasteiger partial charge on any atom is 0.343 e. The third kappa shape index (κ3) is 7.10. The number of hydrogen-bond acceptors (Lipinski definition) is 6. The second-order valence-corrected chi connectivity index (χ2v) is 7.80. The highest BCUT2D eigenvalue weighted by molar-refractivity contribution is 5.91. The van der Waals surface area contributed by atoms with Crippen LogP contribution in [0.5, 0.6) is 5.75 Å². The van der Waals surface area contributed by atoms with E-state index in [0.717, 1.165) is 6.42 Å². The van der Waals surface area contributed by atoms with Crippen molar-refractivity contribution in [2.45, 2.75) is 45.6 Å². The van der Waals surface area contributed by atoms with E-state index >= 15 is 0 Å². The minimum atomic E-state index is -0.509. The number of esters is 2.